The number of rotatable bonds is 7. The molecule has 0 bridgehead atoms. The van der Waals surface area contributed by atoms with Crippen LogP contribution in [0.5, 0.6) is 5.75 Å². The van der Waals surface area contributed by atoms with Gasteiger partial charge in [-0.1, -0.05) is 24.3 Å². The van der Waals surface area contributed by atoms with E-state index in [4.69, 9.17) is 19.5 Å². The van der Waals surface area contributed by atoms with E-state index in [9.17, 15) is 14.8 Å². The van der Waals surface area contributed by atoms with Gasteiger partial charge in [0.2, 0.25) is 0 Å². The Hall–Kier alpha value is -3.41. The second-order valence-corrected chi connectivity index (χ2v) is 9.52. The Balaban J connectivity index is 2.25. The van der Waals surface area contributed by atoms with Crippen LogP contribution in [0.3, 0.4) is 0 Å². The van der Waals surface area contributed by atoms with Crippen LogP contribution >= 0.6 is 0 Å². The third kappa shape index (κ3) is 7.04. The van der Waals surface area contributed by atoms with Crippen molar-refractivity contribution in [1.82, 2.24) is 5.48 Å². The molecule has 176 valence electrons. The SMILES string of the molecule is CC(C)(C)OC(=O)C(COc1ccc(-c2ccc(C#N)cc2)cc1)(NO)C(=O)OC(C)(C)C. The number of esters is 2. The van der Waals surface area contributed by atoms with Gasteiger partial charge in [0.25, 0.3) is 5.54 Å². The van der Waals surface area contributed by atoms with Gasteiger partial charge in [-0.05, 0) is 76.9 Å². The number of hydroxylamine groups is 1. The maximum atomic E-state index is 12.9. The van der Waals surface area contributed by atoms with E-state index in [1.54, 1.807) is 83.4 Å². The number of hydrogen-bond acceptors (Lipinski definition) is 8. The maximum Gasteiger partial charge on any atom is 0.344 e. The Morgan fingerprint density at radius 2 is 1.27 bits per heavy atom. The Kier molecular flexibility index (Phi) is 7.85. The molecule has 0 aromatic heterocycles. The van der Waals surface area contributed by atoms with Crippen LogP contribution in [0, 0.1) is 11.3 Å². The van der Waals surface area contributed by atoms with Gasteiger partial charge >= 0.3 is 11.9 Å². The maximum absolute atomic E-state index is 12.9. The smallest absolute Gasteiger partial charge is 0.344 e. The lowest BCUT2D eigenvalue weighted by Gasteiger charge is -2.33. The zero-order valence-electron chi connectivity index (χ0n) is 19.8. The fraction of sp³-hybridized carbons (Fsp3) is 0.400. The molecule has 0 heterocycles. The molecule has 0 unspecified atom stereocenters. The van der Waals surface area contributed by atoms with Crippen molar-refractivity contribution in [3.8, 4) is 22.9 Å². The van der Waals surface area contributed by atoms with Gasteiger partial charge in [0.15, 0.2) is 0 Å². The van der Waals surface area contributed by atoms with Crippen molar-refractivity contribution in [2.75, 3.05) is 6.61 Å². The van der Waals surface area contributed by atoms with Gasteiger partial charge in [-0.2, -0.15) is 10.7 Å². The van der Waals surface area contributed by atoms with Crippen LogP contribution < -0.4 is 10.2 Å². The first kappa shape index (κ1) is 25.8. The molecule has 2 aromatic rings. The minimum absolute atomic E-state index is 0.360. The van der Waals surface area contributed by atoms with Crippen molar-refractivity contribution in [1.29, 1.82) is 5.26 Å². The fourth-order valence-electron chi connectivity index (χ4n) is 2.73. The lowest BCUT2D eigenvalue weighted by molar-refractivity contribution is -0.188. The summed E-state index contributed by atoms with van der Waals surface area (Å²) in [7, 11) is 0. The molecule has 0 aliphatic rings. The third-order valence-electron chi connectivity index (χ3n) is 4.34. The molecule has 0 aliphatic carbocycles. The predicted molar refractivity (Wildman–Crippen MR) is 121 cm³/mol. The summed E-state index contributed by atoms with van der Waals surface area (Å²) in [6.07, 6.45) is 0. The van der Waals surface area contributed by atoms with Gasteiger partial charge in [0, 0.05) is 0 Å². The van der Waals surface area contributed by atoms with Crippen LogP contribution in [-0.4, -0.2) is 40.5 Å². The topological polar surface area (TPSA) is 118 Å². The Labute approximate surface area is 194 Å². The zero-order valence-corrected chi connectivity index (χ0v) is 19.8. The van der Waals surface area contributed by atoms with Crippen molar-refractivity contribution in [3.63, 3.8) is 0 Å². The molecule has 0 amide bonds. The molecule has 0 saturated heterocycles. The number of ether oxygens (including phenoxy) is 3. The highest BCUT2D eigenvalue weighted by molar-refractivity contribution is 6.05. The van der Waals surface area contributed by atoms with E-state index >= 15 is 0 Å². The Bertz CT molecular complexity index is 981. The number of carbonyl (C=O) groups excluding carboxylic acids is 2. The number of nitrogens with one attached hydrogen (secondary N) is 1. The standard InChI is InChI=1S/C25H30N2O6/c1-23(2,3)32-21(28)25(27-30,22(29)33-24(4,5)6)16-31-20-13-11-19(12-14-20)18-9-7-17(15-26)8-10-18/h7-14,27,30H,16H2,1-6H3. The average Bonchev–Trinajstić information content (AvgIpc) is 2.72. The minimum Gasteiger partial charge on any atom is -0.490 e. The van der Waals surface area contributed by atoms with E-state index in [1.165, 1.54) is 0 Å². The average molecular weight is 455 g/mol. The summed E-state index contributed by atoms with van der Waals surface area (Å²) < 4.78 is 16.4. The number of benzene rings is 2. The molecule has 2 N–H and O–H groups in total. The molecule has 8 heteroatoms. The van der Waals surface area contributed by atoms with Crippen LogP contribution in [0.4, 0.5) is 0 Å². The predicted octanol–water partition coefficient (Wildman–Crippen LogP) is 4.01. The fourth-order valence-corrected chi connectivity index (χ4v) is 2.73. The lowest BCUT2D eigenvalue weighted by atomic mass is 10.0. The van der Waals surface area contributed by atoms with Gasteiger partial charge < -0.3 is 19.4 Å². The lowest BCUT2D eigenvalue weighted by Crippen LogP contribution is -2.64. The minimum atomic E-state index is -2.29. The second kappa shape index (κ2) is 10.0. The molecule has 2 rings (SSSR count). The van der Waals surface area contributed by atoms with Crippen molar-refractivity contribution in [3.05, 3.63) is 54.1 Å². The van der Waals surface area contributed by atoms with E-state index in [2.05, 4.69) is 6.07 Å². The summed E-state index contributed by atoms with van der Waals surface area (Å²) in [5.41, 5.74) is 0.0311. The number of carbonyl (C=O) groups is 2. The number of nitrogens with zero attached hydrogens (tertiary/aromatic N) is 1. The van der Waals surface area contributed by atoms with E-state index in [0.29, 0.717) is 11.3 Å². The molecule has 0 aliphatic heterocycles. The summed E-state index contributed by atoms with van der Waals surface area (Å²) in [5.74, 6) is -1.69. The molecule has 0 radical (unpaired) electrons. The van der Waals surface area contributed by atoms with Crippen molar-refractivity contribution in [2.24, 2.45) is 0 Å². The van der Waals surface area contributed by atoms with Crippen molar-refractivity contribution < 1.29 is 29.0 Å². The van der Waals surface area contributed by atoms with Gasteiger partial charge in [-0.25, -0.2) is 9.59 Å². The normalized spacial score (nSPS) is 11.9. The quantitative estimate of drug-likeness (QED) is 0.366. The van der Waals surface area contributed by atoms with Crippen LogP contribution in [-0.2, 0) is 19.1 Å². The summed E-state index contributed by atoms with van der Waals surface area (Å²) in [6, 6.07) is 16.1. The van der Waals surface area contributed by atoms with Gasteiger partial charge in [0.05, 0.1) is 11.6 Å². The van der Waals surface area contributed by atoms with E-state index < -0.39 is 35.3 Å². The number of nitriles is 1. The highest BCUT2D eigenvalue weighted by Gasteiger charge is 2.52. The van der Waals surface area contributed by atoms with E-state index in [1.807, 2.05) is 12.1 Å². The first-order valence-corrected chi connectivity index (χ1v) is 10.4. The molecule has 0 fully saturated rings. The van der Waals surface area contributed by atoms with Crippen molar-refractivity contribution in [2.45, 2.75) is 58.3 Å². The Morgan fingerprint density at radius 3 is 1.64 bits per heavy atom. The van der Waals surface area contributed by atoms with Crippen LogP contribution in [0.15, 0.2) is 48.5 Å². The first-order valence-electron chi connectivity index (χ1n) is 10.4. The second-order valence-electron chi connectivity index (χ2n) is 9.52. The van der Waals surface area contributed by atoms with Gasteiger partial charge in [0.1, 0.15) is 23.6 Å². The molecule has 2 aromatic carbocycles. The highest BCUT2D eigenvalue weighted by atomic mass is 16.6. The third-order valence-corrected chi connectivity index (χ3v) is 4.34. The van der Waals surface area contributed by atoms with Crippen molar-refractivity contribution >= 4 is 11.9 Å². The molecular formula is C25H30N2O6. The zero-order chi connectivity index (χ0) is 24.9. The summed E-state index contributed by atoms with van der Waals surface area (Å²) in [5, 5.41) is 18.8. The summed E-state index contributed by atoms with van der Waals surface area (Å²) >= 11 is 0. The van der Waals surface area contributed by atoms with Gasteiger partial charge in [-0.15, -0.1) is 0 Å². The van der Waals surface area contributed by atoms with Crippen LogP contribution in [0.25, 0.3) is 11.1 Å². The van der Waals surface area contributed by atoms with Crippen LogP contribution in [0.1, 0.15) is 47.1 Å². The molecule has 0 atom stereocenters. The molecule has 0 saturated carbocycles. The molecule has 8 nitrogen and oxygen atoms in total. The largest absolute Gasteiger partial charge is 0.490 e. The highest BCUT2D eigenvalue weighted by Crippen LogP contribution is 2.25. The molecular weight excluding hydrogens is 424 g/mol. The Morgan fingerprint density at radius 1 is 0.848 bits per heavy atom. The monoisotopic (exact) mass is 454 g/mol. The summed E-state index contributed by atoms with van der Waals surface area (Å²) in [4.78, 5) is 25.8. The van der Waals surface area contributed by atoms with Gasteiger partial charge in [-0.3, -0.25) is 0 Å². The van der Waals surface area contributed by atoms with Crippen LogP contribution in [0.2, 0.25) is 0 Å². The number of hydrogen-bond donors (Lipinski definition) is 2. The summed E-state index contributed by atoms with van der Waals surface area (Å²) in [6.45, 7) is 9.30. The molecule has 33 heavy (non-hydrogen) atoms. The first-order chi connectivity index (χ1) is 15.3. The molecule has 0 spiro atoms. The van der Waals surface area contributed by atoms with E-state index in [0.717, 1.165) is 11.1 Å². The van der Waals surface area contributed by atoms with E-state index in [-0.39, 0.29) is 0 Å².